The van der Waals surface area contributed by atoms with E-state index in [4.69, 9.17) is 10.5 Å². The summed E-state index contributed by atoms with van der Waals surface area (Å²) >= 11 is 3.40. The molecule has 1 amide bonds. The number of nitrogens with two attached hydrogens (primary N) is 1. The maximum absolute atomic E-state index is 10.8. The molecule has 0 aliphatic rings. The zero-order valence-electron chi connectivity index (χ0n) is 11.0. The van der Waals surface area contributed by atoms with E-state index in [0.29, 0.717) is 5.75 Å². The van der Waals surface area contributed by atoms with Crippen LogP contribution < -0.4 is 15.8 Å². The predicted octanol–water partition coefficient (Wildman–Crippen LogP) is 0.961. The molecule has 0 saturated heterocycles. The van der Waals surface area contributed by atoms with Crippen LogP contribution in [0.5, 0.6) is 5.75 Å². The highest BCUT2D eigenvalue weighted by atomic mass is 79.9. The quantitative estimate of drug-likeness (QED) is 0.695. The van der Waals surface area contributed by atoms with E-state index in [2.05, 4.69) is 21.2 Å². The lowest BCUT2D eigenvalue weighted by Gasteiger charge is -2.16. The van der Waals surface area contributed by atoms with Crippen molar-refractivity contribution in [1.29, 1.82) is 0 Å². The Morgan fingerprint density at radius 1 is 1.58 bits per heavy atom. The van der Waals surface area contributed by atoms with Crippen LogP contribution in [-0.4, -0.2) is 36.3 Å². The van der Waals surface area contributed by atoms with Gasteiger partial charge in [0, 0.05) is 6.54 Å². The predicted molar refractivity (Wildman–Crippen MR) is 77.0 cm³/mol. The summed E-state index contributed by atoms with van der Waals surface area (Å²) in [6.45, 7) is 4.01. The van der Waals surface area contributed by atoms with E-state index in [-0.39, 0.29) is 13.2 Å². The molecule has 2 atom stereocenters. The number of primary amides is 1. The fourth-order valence-corrected chi connectivity index (χ4v) is 1.99. The Labute approximate surface area is 121 Å². The number of ether oxygens (including phenoxy) is 1. The van der Waals surface area contributed by atoms with Crippen molar-refractivity contribution < 1.29 is 14.6 Å². The van der Waals surface area contributed by atoms with Gasteiger partial charge in [0.25, 0.3) is 0 Å². The maximum atomic E-state index is 10.8. The number of hydrogen-bond donors (Lipinski definition) is 3. The van der Waals surface area contributed by atoms with Gasteiger partial charge >= 0.3 is 0 Å². The number of amides is 1. The molecule has 0 fully saturated rings. The van der Waals surface area contributed by atoms with Gasteiger partial charge in [0.05, 0.1) is 10.5 Å². The van der Waals surface area contributed by atoms with Crippen LogP contribution in [0.4, 0.5) is 0 Å². The normalized spacial score (nSPS) is 13.9. The van der Waals surface area contributed by atoms with Gasteiger partial charge in [-0.2, -0.15) is 0 Å². The van der Waals surface area contributed by atoms with Crippen molar-refractivity contribution in [2.24, 2.45) is 5.73 Å². The highest BCUT2D eigenvalue weighted by molar-refractivity contribution is 9.10. The minimum absolute atomic E-state index is 0.139. The molecule has 2 unspecified atom stereocenters. The van der Waals surface area contributed by atoms with Crippen molar-refractivity contribution in [3.8, 4) is 5.75 Å². The Morgan fingerprint density at radius 2 is 2.26 bits per heavy atom. The number of aliphatic hydroxyl groups is 1. The number of aliphatic hydroxyl groups excluding tert-OH is 1. The van der Waals surface area contributed by atoms with E-state index < -0.39 is 18.1 Å². The number of carbonyl (C=O) groups is 1. The molecule has 0 bridgehead atoms. The maximum Gasteiger partial charge on any atom is 0.234 e. The van der Waals surface area contributed by atoms with Crippen LogP contribution in [0, 0.1) is 6.92 Å². The second-order valence-corrected chi connectivity index (χ2v) is 5.29. The molecule has 1 aromatic rings. The standard InChI is InChI=1S/C13H19BrN2O3/c1-8-3-4-12(11(14)5-8)19-7-10(17)6-16-9(2)13(15)18/h3-5,9-10,16-17H,6-7H2,1-2H3,(H2,15,18). The molecular weight excluding hydrogens is 312 g/mol. The van der Waals surface area contributed by atoms with Crippen molar-refractivity contribution >= 4 is 21.8 Å². The summed E-state index contributed by atoms with van der Waals surface area (Å²) in [7, 11) is 0. The fraction of sp³-hybridized carbons (Fsp3) is 0.462. The summed E-state index contributed by atoms with van der Waals surface area (Å²) in [6, 6.07) is 5.24. The molecule has 0 aromatic heterocycles. The van der Waals surface area contributed by atoms with E-state index in [1.807, 2.05) is 25.1 Å². The van der Waals surface area contributed by atoms with Gasteiger partial charge in [0.2, 0.25) is 5.91 Å². The van der Waals surface area contributed by atoms with Crippen LogP contribution >= 0.6 is 15.9 Å². The van der Waals surface area contributed by atoms with Crippen LogP contribution in [-0.2, 0) is 4.79 Å². The summed E-state index contributed by atoms with van der Waals surface area (Å²) < 4.78 is 6.34. The van der Waals surface area contributed by atoms with Crippen LogP contribution in [0.25, 0.3) is 0 Å². The lowest BCUT2D eigenvalue weighted by molar-refractivity contribution is -0.119. The molecule has 0 heterocycles. The van der Waals surface area contributed by atoms with E-state index >= 15 is 0 Å². The lowest BCUT2D eigenvalue weighted by Crippen LogP contribution is -2.43. The topological polar surface area (TPSA) is 84.6 Å². The van der Waals surface area contributed by atoms with Gasteiger partial charge in [0.15, 0.2) is 0 Å². The van der Waals surface area contributed by atoms with Crippen LogP contribution in [0.1, 0.15) is 12.5 Å². The molecule has 5 nitrogen and oxygen atoms in total. The van der Waals surface area contributed by atoms with Gasteiger partial charge in [0.1, 0.15) is 18.5 Å². The van der Waals surface area contributed by atoms with Gasteiger partial charge in [-0.25, -0.2) is 0 Å². The second-order valence-electron chi connectivity index (χ2n) is 4.43. The minimum Gasteiger partial charge on any atom is -0.490 e. The first-order valence-corrected chi connectivity index (χ1v) is 6.79. The van der Waals surface area contributed by atoms with E-state index in [0.717, 1.165) is 10.0 Å². The third kappa shape index (κ3) is 5.59. The third-order valence-corrected chi connectivity index (χ3v) is 3.22. The first-order valence-electron chi connectivity index (χ1n) is 6.00. The summed E-state index contributed by atoms with van der Waals surface area (Å²) in [4.78, 5) is 10.8. The molecule has 1 rings (SSSR count). The molecule has 0 aliphatic carbocycles. The number of carbonyl (C=O) groups excluding carboxylic acids is 1. The number of nitrogens with one attached hydrogen (secondary N) is 1. The highest BCUT2D eigenvalue weighted by Crippen LogP contribution is 2.25. The van der Waals surface area contributed by atoms with Gasteiger partial charge in [-0.05, 0) is 47.5 Å². The summed E-state index contributed by atoms with van der Waals surface area (Å²) in [5.41, 5.74) is 6.22. The second kappa shape index (κ2) is 7.47. The van der Waals surface area contributed by atoms with Crippen molar-refractivity contribution in [3.05, 3.63) is 28.2 Å². The summed E-state index contributed by atoms with van der Waals surface area (Å²) in [5.74, 6) is 0.224. The first kappa shape index (κ1) is 15.9. The zero-order valence-corrected chi connectivity index (χ0v) is 12.6. The molecule has 0 radical (unpaired) electrons. The molecule has 0 spiro atoms. The molecule has 0 saturated carbocycles. The third-order valence-electron chi connectivity index (χ3n) is 2.61. The smallest absolute Gasteiger partial charge is 0.234 e. The number of halogens is 1. The molecule has 6 heteroatoms. The van der Waals surface area contributed by atoms with E-state index in [1.54, 1.807) is 6.92 Å². The Bertz CT molecular complexity index is 440. The number of rotatable bonds is 7. The van der Waals surface area contributed by atoms with E-state index in [1.165, 1.54) is 0 Å². The monoisotopic (exact) mass is 330 g/mol. The molecule has 4 N–H and O–H groups in total. The Kier molecular flexibility index (Phi) is 6.27. The Hall–Kier alpha value is -1.11. The average molecular weight is 331 g/mol. The van der Waals surface area contributed by atoms with Crippen LogP contribution in [0.15, 0.2) is 22.7 Å². The molecule has 106 valence electrons. The van der Waals surface area contributed by atoms with Crippen LogP contribution in [0.3, 0.4) is 0 Å². The summed E-state index contributed by atoms with van der Waals surface area (Å²) in [5, 5.41) is 12.6. The minimum atomic E-state index is -0.713. The Balaban J connectivity index is 2.37. The number of benzene rings is 1. The van der Waals surface area contributed by atoms with Crippen molar-refractivity contribution in [2.75, 3.05) is 13.2 Å². The average Bonchev–Trinajstić information content (AvgIpc) is 2.34. The zero-order chi connectivity index (χ0) is 14.4. The van der Waals surface area contributed by atoms with Gasteiger partial charge in [-0.1, -0.05) is 6.07 Å². The molecule has 1 aromatic carbocycles. The lowest BCUT2D eigenvalue weighted by atomic mass is 10.2. The van der Waals surface area contributed by atoms with E-state index in [9.17, 15) is 9.90 Å². The van der Waals surface area contributed by atoms with Gasteiger partial charge in [-0.15, -0.1) is 0 Å². The Morgan fingerprint density at radius 3 is 2.84 bits per heavy atom. The van der Waals surface area contributed by atoms with Gasteiger partial charge < -0.3 is 20.9 Å². The summed E-state index contributed by atoms with van der Waals surface area (Å²) in [6.07, 6.45) is -0.713. The number of aryl methyl sites for hydroxylation is 1. The highest BCUT2D eigenvalue weighted by Gasteiger charge is 2.12. The van der Waals surface area contributed by atoms with Crippen molar-refractivity contribution in [1.82, 2.24) is 5.32 Å². The first-order chi connectivity index (χ1) is 8.90. The molecular formula is C13H19BrN2O3. The van der Waals surface area contributed by atoms with Gasteiger partial charge in [-0.3, -0.25) is 4.79 Å². The SMILES string of the molecule is Cc1ccc(OCC(O)CNC(C)C(N)=O)c(Br)c1. The number of hydrogen-bond acceptors (Lipinski definition) is 4. The van der Waals surface area contributed by atoms with Crippen molar-refractivity contribution in [3.63, 3.8) is 0 Å². The molecule has 19 heavy (non-hydrogen) atoms. The van der Waals surface area contributed by atoms with Crippen molar-refractivity contribution in [2.45, 2.75) is 26.0 Å². The van der Waals surface area contributed by atoms with Crippen LogP contribution in [0.2, 0.25) is 0 Å². The fourth-order valence-electron chi connectivity index (χ4n) is 1.38. The largest absolute Gasteiger partial charge is 0.490 e. The molecule has 0 aliphatic heterocycles.